The number of thiophene rings is 1. The van der Waals surface area contributed by atoms with E-state index in [1.807, 2.05) is 30.3 Å². The van der Waals surface area contributed by atoms with Crippen molar-refractivity contribution in [3.63, 3.8) is 0 Å². The fourth-order valence-corrected chi connectivity index (χ4v) is 3.13. The number of aryl methyl sites for hydroxylation is 3. The minimum Gasteiger partial charge on any atom is -0.321 e. The van der Waals surface area contributed by atoms with Gasteiger partial charge in [0.15, 0.2) is 0 Å². The van der Waals surface area contributed by atoms with Gasteiger partial charge < -0.3 is 5.32 Å². The van der Waals surface area contributed by atoms with E-state index >= 15 is 0 Å². The summed E-state index contributed by atoms with van der Waals surface area (Å²) in [5.74, 6) is -0.00583. The van der Waals surface area contributed by atoms with Crippen molar-refractivity contribution in [2.75, 3.05) is 5.32 Å². The molecule has 2 nitrogen and oxygen atoms in total. The summed E-state index contributed by atoms with van der Waals surface area (Å²) < 4.78 is 0. The molecule has 3 heteroatoms. The zero-order chi connectivity index (χ0) is 13.8. The summed E-state index contributed by atoms with van der Waals surface area (Å²) in [4.78, 5) is 14.3. The summed E-state index contributed by atoms with van der Waals surface area (Å²) in [7, 11) is 0. The number of amides is 1. The lowest BCUT2D eigenvalue weighted by Crippen LogP contribution is -2.11. The van der Waals surface area contributed by atoms with E-state index < -0.39 is 0 Å². The first-order chi connectivity index (χ1) is 9.15. The predicted molar refractivity (Wildman–Crippen MR) is 82.2 cm³/mol. The van der Waals surface area contributed by atoms with Crippen molar-refractivity contribution in [1.29, 1.82) is 0 Å². The van der Waals surface area contributed by atoms with Crippen molar-refractivity contribution in [3.8, 4) is 0 Å². The van der Waals surface area contributed by atoms with Gasteiger partial charge in [0.05, 0.1) is 4.88 Å². The summed E-state index contributed by atoms with van der Waals surface area (Å²) in [5.41, 5.74) is 3.35. The monoisotopic (exact) mass is 273 g/mol. The van der Waals surface area contributed by atoms with Crippen LogP contribution in [0.15, 0.2) is 30.3 Å². The molecular weight excluding hydrogens is 254 g/mol. The van der Waals surface area contributed by atoms with Crippen LogP contribution in [0.25, 0.3) is 0 Å². The second kappa shape index (κ2) is 6.02. The highest BCUT2D eigenvalue weighted by atomic mass is 32.1. The minimum absolute atomic E-state index is 0.00583. The molecule has 1 aromatic carbocycles. The molecule has 0 aliphatic heterocycles. The first kappa shape index (κ1) is 13.8. The van der Waals surface area contributed by atoms with Gasteiger partial charge in [-0.2, -0.15) is 0 Å². The van der Waals surface area contributed by atoms with Crippen LogP contribution in [0.1, 0.15) is 39.5 Å². The van der Waals surface area contributed by atoms with E-state index in [9.17, 15) is 4.79 Å². The molecule has 0 fully saturated rings. The standard InChI is InChI=1S/C16H19NOS/c1-4-12-8-6-7-9-14(12)17-16(18)15-10-13(5-2)11(3)19-15/h6-10H,4-5H2,1-3H3,(H,17,18). The molecule has 0 atom stereocenters. The first-order valence-corrected chi connectivity index (χ1v) is 7.45. The van der Waals surface area contributed by atoms with Crippen LogP contribution in [0.4, 0.5) is 5.69 Å². The van der Waals surface area contributed by atoms with E-state index in [2.05, 4.69) is 26.1 Å². The smallest absolute Gasteiger partial charge is 0.265 e. The molecule has 0 spiro atoms. The number of rotatable bonds is 4. The molecule has 1 heterocycles. The Morgan fingerprint density at radius 3 is 2.47 bits per heavy atom. The van der Waals surface area contributed by atoms with Crippen LogP contribution in [0.3, 0.4) is 0 Å². The van der Waals surface area contributed by atoms with E-state index in [-0.39, 0.29) is 5.91 Å². The Morgan fingerprint density at radius 2 is 1.84 bits per heavy atom. The molecule has 0 saturated carbocycles. The normalized spacial score (nSPS) is 10.5. The molecule has 0 aliphatic carbocycles. The summed E-state index contributed by atoms with van der Waals surface area (Å²) in [6.45, 7) is 6.28. The highest BCUT2D eigenvalue weighted by Crippen LogP contribution is 2.24. The van der Waals surface area contributed by atoms with Crippen LogP contribution in [0.2, 0.25) is 0 Å². The third-order valence-electron chi connectivity index (χ3n) is 3.27. The van der Waals surface area contributed by atoms with Crippen LogP contribution in [-0.4, -0.2) is 5.91 Å². The number of hydrogen-bond donors (Lipinski definition) is 1. The van der Waals surface area contributed by atoms with Crippen LogP contribution < -0.4 is 5.32 Å². The molecule has 0 aliphatic rings. The number of nitrogens with one attached hydrogen (secondary N) is 1. The second-order valence-electron chi connectivity index (χ2n) is 4.51. The molecule has 100 valence electrons. The number of carbonyl (C=O) groups is 1. The van der Waals surface area contributed by atoms with Gasteiger partial charge in [-0.1, -0.05) is 32.0 Å². The van der Waals surface area contributed by atoms with Crippen molar-refractivity contribution in [2.45, 2.75) is 33.6 Å². The highest BCUT2D eigenvalue weighted by Gasteiger charge is 2.12. The molecule has 1 N–H and O–H groups in total. The molecule has 0 unspecified atom stereocenters. The summed E-state index contributed by atoms with van der Waals surface area (Å²) in [6.07, 6.45) is 1.89. The summed E-state index contributed by atoms with van der Waals surface area (Å²) >= 11 is 1.57. The Labute approximate surface area is 118 Å². The third-order valence-corrected chi connectivity index (χ3v) is 4.36. The van der Waals surface area contributed by atoms with Crippen LogP contribution in [0, 0.1) is 6.92 Å². The fraction of sp³-hybridized carbons (Fsp3) is 0.312. The van der Waals surface area contributed by atoms with Gasteiger partial charge in [0.2, 0.25) is 0 Å². The molecule has 2 rings (SSSR count). The Kier molecular flexibility index (Phi) is 4.38. The van der Waals surface area contributed by atoms with Crippen LogP contribution >= 0.6 is 11.3 Å². The van der Waals surface area contributed by atoms with E-state index in [0.717, 1.165) is 23.4 Å². The largest absolute Gasteiger partial charge is 0.321 e. The lowest BCUT2D eigenvalue weighted by atomic mass is 10.1. The Balaban J connectivity index is 2.20. The van der Waals surface area contributed by atoms with Gasteiger partial charge in [0.25, 0.3) is 5.91 Å². The van der Waals surface area contributed by atoms with E-state index in [1.54, 1.807) is 11.3 Å². The van der Waals surface area contributed by atoms with Crippen molar-refractivity contribution in [2.24, 2.45) is 0 Å². The van der Waals surface area contributed by atoms with E-state index in [4.69, 9.17) is 0 Å². The Bertz CT molecular complexity index is 586. The lowest BCUT2D eigenvalue weighted by molar-refractivity contribution is 0.103. The molecule has 0 saturated heterocycles. The second-order valence-corrected chi connectivity index (χ2v) is 5.77. The fourth-order valence-electron chi connectivity index (χ4n) is 2.12. The molecule has 0 bridgehead atoms. The van der Waals surface area contributed by atoms with Crippen molar-refractivity contribution >= 4 is 22.9 Å². The van der Waals surface area contributed by atoms with Crippen molar-refractivity contribution < 1.29 is 4.79 Å². The third kappa shape index (κ3) is 3.04. The minimum atomic E-state index is -0.00583. The van der Waals surface area contributed by atoms with Crippen LogP contribution in [-0.2, 0) is 12.8 Å². The molecule has 0 radical (unpaired) electrons. The average molecular weight is 273 g/mol. The van der Waals surface area contributed by atoms with Gasteiger partial charge in [-0.15, -0.1) is 11.3 Å². The van der Waals surface area contributed by atoms with E-state index in [1.165, 1.54) is 16.0 Å². The molecule has 1 amide bonds. The molecule has 19 heavy (non-hydrogen) atoms. The zero-order valence-corrected chi connectivity index (χ0v) is 12.4. The van der Waals surface area contributed by atoms with Gasteiger partial charge >= 0.3 is 0 Å². The first-order valence-electron chi connectivity index (χ1n) is 6.64. The molecular formula is C16H19NOS. The Morgan fingerprint density at radius 1 is 1.16 bits per heavy atom. The number of benzene rings is 1. The maximum Gasteiger partial charge on any atom is 0.265 e. The van der Waals surface area contributed by atoms with Crippen molar-refractivity contribution in [3.05, 3.63) is 51.2 Å². The summed E-state index contributed by atoms with van der Waals surface area (Å²) in [5, 5.41) is 3.01. The van der Waals surface area contributed by atoms with Gasteiger partial charge in [-0.3, -0.25) is 4.79 Å². The molecule has 2 aromatic rings. The van der Waals surface area contributed by atoms with Gasteiger partial charge in [-0.05, 0) is 43.0 Å². The Hall–Kier alpha value is -1.61. The number of carbonyl (C=O) groups excluding carboxylic acids is 1. The van der Waals surface area contributed by atoms with Gasteiger partial charge in [0, 0.05) is 10.6 Å². The zero-order valence-electron chi connectivity index (χ0n) is 11.6. The average Bonchev–Trinajstić information content (AvgIpc) is 2.80. The number of anilines is 1. The highest BCUT2D eigenvalue weighted by molar-refractivity contribution is 7.14. The van der Waals surface area contributed by atoms with Crippen LogP contribution in [0.5, 0.6) is 0 Å². The maximum atomic E-state index is 12.3. The lowest BCUT2D eigenvalue weighted by Gasteiger charge is -2.08. The topological polar surface area (TPSA) is 29.1 Å². The quantitative estimate of drug-likeness (QED) is 0.877. The number of para-hydroxylation sites is 1. The van der Waals surface area contributed by atoms with E-state index in [0.29, 0.717) is 0 Å². The number of hydrogen-bond acceptors (Lipinski definition) is 2. The van der Waals surface area contributed by atoms with Crippen molar-refractivity contribution in [1.82, 2.24) is 0 Å². The maximum absolute atomic E-state index is 12.3. The summed E-state index contributed by atoms with van der Waals surface area (Å²) in [6, 6.07) is 9.96. The SMILES string of the molecule is CCc1ccccc1NC(=O)c1cc(CC)c(C)s1. The van der Waals surface area contributed by atoms with Gasteiger partial charge in [0.1, 0.15) is 0 Å². The molecule has 1 aromatic heterocycles. The predicted octanol–water partition coefficient (Wildman–Crippen LogP) is 4.43. The van der Waals surface area contributed by atoms with Gasteiger partial charge in [-0.25, -0.2) is 0 Å².